The van der Waals surface area contributed by atoms with Crippen molar-refractivity contribution < 1.29 is 13.5 Å². The summed E-state index contributed by atoms with van der Waals surface area (Å²) in [5.74, 6) is -0.691. The smallest absolute Gasteiger partial charge is 0.140 e. The van der Waals surface area contributed by atoms with Crippen LogP contribution < -0.4 is 0 Å². The molecular weight excluding hydrogens is 288 g/mol. The van der Waals surface area contributed by atoms with Gasteiger partial charge in [-0.1, -0.05) is 0 Å². The number of hydrogen-bond donors (Lipinski definition) is 1. The zero-order valence-electron chi connectivity index (χ0n) is 12.1. The molecule has 2 aromatic rings. The molecular formula is C16H17F2N3O. The molecule has 4 rings (SSSR count). The van der Waals surface area contributed by atoms with E-state index in [1.54, 1.807) is 0 Å². The third-order valence-corrected chi connectivity index (χ3v) is 4.47. The molecule has 0 saturated carbocycles. The number of fused-ring (bicyclic) bond motifs is 1. The first-order valence-electron chi connectivity index (χ1n) is 7.55. The lowest BCUT2D eigenvalue weighted by molar-refractivity contribution is 0.133. The first-order chi connectivity index (χ1) is 10.7. The SMILES string of the molecule is Fc1ccc(-c2nc3c([nH]2)CN([C@@H]2CCOC2)CC3)c(F)c1. The van der Waals surface area contributed by atoms with Gasteiger partial charge in [0, 0.05) is 38.2 Å². The molecule has 0 amide bonds. The Morgan fingerprint density at radius 1 is 1.32 bits per heavy atom. The monoisotopic (exact) mass is 305 g/mol. The largest absolute Gasteiger partial charge is 0.380 e. The molecule has 0 aliphatic carbocycles. The molecule has 1 atom stereocenters. The van der Waals surface area contributed by atoms with Crippen molar-refractivity contribution in [1.29, 1.82) is 0 Å². The maximum atomic E-state index is 13.9. The van der Waals surface area contributed by atoms with E-state index in [1.165, 1.54) is 12.1 Å². The van der Waals surface area contributed by atoms with Crippen molar-refractivity contribution in [2.45, 2.75) is 25.4 Å². The molecule has 1 aromatic carbocycles. The topological polar surface area (TPSA) is 41.2 Å². The van der Waals surface area contributed by atoms with Crippen LogP contribution in [0.1, 0.15) is 17.8 Å². The van der Waals surface area contributed by atoms with Crippen LogP contribution in [0.15, 0.2) is 18.2 Å². The highest BCUT2D eigenvalue weighted by molar-refractivity contribution is 5.57. The Labute approximate surface area is 127 Å². The molecule has 0 radical (unpaired) electrons. The van der Waals surface area contributed by atoms with Gasteiger partial charge in [0.1, 0.15) is 17.5 Å². The molecule has 1 N–H and O–H groups in total. The molecule has 2 aliphatic rings. The van der Waals surface area contributed by atoms with E-state index in [4.69, 9.17) is 4.74 Å². The maximum absolute atomic E-state index is 13.9. The fourth-order valence-corrected chi connectivity index (χ4v) is 3.25. The summed E-state index contributed by atoms with van der Waals surface area (Å²) in [6, 6.07) is 4.03. The average molecular weight is 305 g/mol. The summed E-state index contributed by atoms with van der Waals surface area (Å²) in [5, 5.41) is 0. The minimum atomic E-state index is -0.591. The highest BCUT2D eigenvalue weighted by Gasteiger charge is 2.28. The summed E-state index contributed by atoms with van der Waals surface area (Å²) in [4.78, 5) is 10.1. The average Bonchev–Trinajstić information content (AvgIpc) is 3.15. The Hall–Kier alpha value is -1.79. The Bertz CT molecular complexity index is 695. The summed E-state index contributed by atoms with van der Waals surface area (Å²) in [5.41, 5.74) is 2.32. The summed E-state index contributed by atoms with van der Waals surface area (Å²) < 4.78 is 32.4. The lowest BCUT2D eigenvalue weighted by atomic mass is 10.1. The molecule has 116 valence electrons. The van der Waals surface area contributed by atoms with Gasteiger partial charge in [-0.2, -0.15) is 0 Å². The Morgan fingerprint density at radius 2 is 2.23 bits per heavy atom. The number of benzene rings is 1. The third-order valence-electron chi connectivity index (χ3n) is 4.47. The van der Waals surface area contributed by atoms with Crippen LogP contribution >= 0.6 is 0 Å². The number of aromatic amines is 1. The molecule has 2 aliphatic heterocycles. The van der Waals surface area contributed by atoms with Crippen molar-refractivity contribution in [3.05, 3.63) is 41.2 Å². The lowest BCUT2D eigenvalue weighted by Gasteiger charge is -2.30. The highest BCUT2D eigenvalue weighted by Crippen LogP contribution is 2.27. The van der Waals surface area contributed by atoms with Gasteiger partial charge in [0.25, 0.3) is 0 Å². The first-order valence-corrected chi connectivity index (χ1v) is 7.55. The van der Waals surface area contributed by atoms with Gasteiger partial charge >= 0.3 is 0 Å². The van der Waals surface area contributed by atoms with Crippen LogP contribution in [-0.2, 0) is 17.7 Å². The van der Waals surface area contributed by atoms with Crippen LogP contribution in [-0.4, -0.2) is 40.7 Å². The van der Waals surface area contributed by atoms with Gasteiger partial charge in [0.05, 0.1) is 23.6 Å². The van der Waals surface area contributed by atoms with Crippen molar-refractivity contribution >= 4 is 0 Å². The van der Waals surface area contributed by atoms with Crippen LogP contribution in [0.25, 0.3) is 11.4 Å². The van der Waals surface area contributed by atoms with E-state index in [9.17, 15) is 8.78 Å². The minimum absolute atomic E-state index is 0.312. The van der Waals surface area contributed by atoms with E-state index >= 15 is 0 Å². The molecule has 0 bridgehead atoms. The van der Waals surface area contributed by atoms with E-state index < -0.39 is 11.6 Å². The number of hydrogen-bond acceptors (Lipinski definition) is 3. The predicted octanol–water partition coefficient (Wildman–Crippen LogP) is 2.50. The van der Waals surface area contributed by atoms with E-state index in [0.717, 1.165) is 56.6 Å². The Balaban J connectivity index is 1.60. The van der Waals surface area contributed by atoms with Gasteiger partial charge in [-0.15, -0.1) is 0 Å². The third kappa shape index (κ3) is 2.42. The maximum Gasteiger partial charge on any atom is 0.140 e. The standard InChI is InChI=1S/C16H17F2N3O/c17-10-1-2-12(13(18)7-10)16-19-14-3-5-21(8-15(14)20-16)11-4-6-22-9-11/h1-2,7,11H,3-6,8-9H2,(H,19,20)/t11-/m1/s1. The van der Waals surface area contributed by atoms with Crippen LogP contribution in [0.2, 0.25) is 0 Å². The fourth-order valence-electron chi connectivity index (χ4n) is 3.25. The van der Waals surface area contributed by atoms with Crippen LogP contribution in [0.3, 0.4) is 0 Å². The fraction of sp³-hybridized carbons (Fsp3) is 0.438. The quantitative estimate of drug-likeness (QED) is 0.927. The zero-order valence-corrected chi connectivity index (χ0v) is 12.1. The molecule has 0 unspecified atom stereocenters. The van der Waals surface area contributed by atoms with Gasteiger partial charge in [0.2, 0.25) is 0 Å². The van der Waals surface area contributed by atoms with Crippen LogP contribution in [0.5, 0.6) is 0 Å². The molecule has 1 aromatic heterocycles. The number of nitrogens with zero attached hydrogens (tertiary/aromatic N) is 2. The van der Waals surface area contributed by atoms with E-state index in [2.05, 4.69) is 14.9 Å². The lowest BCUT2D eigenvalue weighted by Crippen LogP contribution is -2.39. The van der Waals surface area contributed by atoms with Gasteiger partial charge in [0.15, 0.2) is 0 Å². The van der Waals surface area contributed by atoms with Crippen molar-refractivity contribution in [3.8, 4) is 11.4 Å². The zero-order chi connectivity index (χ0) is 15.1. The van der Waals surface area contributed by atoms with Crippen LogP contribution in [0.4, 0.5) is 8.78 Å². The number of rotatable bonds is 2. The number of nitrogens with one attached hydrogen (secondary N) is 1. The Kier molecular flexibility index (Phi) is 3.43. The van der Waals surface area contributed by atoms with Gasteiger partial charge < -0.3 is 9.72 Å². The normalized spacial score (nSPS) is 22.0. The molecule has 3 heterocycles. The van der Waals surface area contributed by atoms with Crippen molar-refractivity contribution in [2.24, 2.45) is 0 Å². The molecule has 1 saturated heterocycles. The van der Waals surface area contributed by atoms with Crippen molar-refractivity contribution in [2.75, 3.05) is 19.8 Å². The van der Waals surface area contributed by atoms with E-state index in [0.29, 0.717) is 17.4 Å². The molecule has 6 heteroatoms. The predicted molar refractivity (Wildman–Crippen MR) is 77.3 cm³/mol. The van der Waals surface area contributed by atoms with Crippen molar-refractivity contribution in [3.63, 3.8) is 0 Å². The number of H-pyrrole nitrogens is 1. The first kappa shape index (κ1) is 13.8. The van der Waals surface area contributed by atoms with Gasteiger partial charge in [-0.25, -0.2) is 13.8 Å². The Morgan fingerprint density at radius 3 is 3.00 bits per heavy atom. The minimum Gasteiger partial charge on any atom is -0.380 e. The van der Waals surface area contributed by atoms with Gasteiger partial charge in [-0.3, -0.25) is 4.90 Å². The van der Waals surface area contributed by atoms with E-state index in [1.807, 2.05) is 0 Å². The molecule has 1 fully saturated rings. The number of aromatic nitrogens is 2. The summed E-state index contributed by atoms with van der Waals surface area (Å²) >= 11 is 0. The highest BCUT2D eigenvalue weighted by atomic mass is 19.1. The molecule has 0 spiro atoms. The summed E-state index contributed by atoms with van der Waals surface area (Å²) in [6.07, 6.45) is 1.90. The number of ether oxygens (including phenoxy) is 1. The number of halogens is 2. The second kappa shape index (κ2) is 5.44. The number of imidazole rings is 1. The molecule has 4 nitrogen and oxygen atoms in total. The van der Waals surface area contributed by atoms with E-state index in [-0.39, 0.29) is 0 Å². The molecule has 22 heavy (non-hydrogen) atoms. The summed E-state index contributed by atoms with van der Waals surface area (Å²) in [6.45, 7) is 3.32. The van der Waals surface area contributed by atoms with Crippen molar-refractivity contribution in [1.82, 2.24) is 14.9 Å². The van der Waals surface area contributed by atoms with Crippen LogP contribution in [0, 0.1) is 11.6 Å². The second-order valence-corrected chi connectivity index (χ2v) is 5.87. The second-order valence-electron chi connectivity index (χ2n) is 5.87. The van der Waals surface area contributed by atoms with Gasteiger partial charge in [-0.05, 0) is 18.6 Å². The summed E-state index contributed by atoms with van der Waals surface area (Å²) in [7, 11) is 0.